The van der Waals surface area contributed by atoms with Gasteiger partial charge in [0.15, 0.2) is 0 Å². The second-order valence-corrected chi connectivity index (χ2v) is 4.78. The van der Waals surface area contributed by atoms with Gasteiger partial charge in [-0.2, -0.15) is 0 Å². The molecule has 0 bridgehead atoms. The molecule has 1 saturated carbocycles. The van der Waals surface area contributed by atoms with E-state index in [4.69, 9.17) is 0 Å². The van der Waals surface area contributed by atoms with Crippen LogP contribution in [0.15, 0.2) is 30.5 Å². The summed E-state index contributed by atoms with van der Waals surface area (Å²) in [5.41, 5.74) is 2.17. The first-order chi connectivity index (χ1) is 8.33. The SMILES string of the molecule is O=C(Cc1c[nH]c2ccccc12)NCC1CC1. The van der Waals surface area contributed by atoms with Crippen molar-refractivity contribution in [3.05, 3.63) is 36.0 Å². The van der Waals surface area contributed by atoms with Crippen LogP contribution < -0.4 is 5.32 Å². The van der Waals surface area contributed by atoms with Crippen LogP contribution in [-0.2, 0) is 11.2 Å². The second kappa shape index (κ2) is 4.24. The van der Waals surface area contributed by atoms with Crippen LogP contribution in [0.3, 0.4) is 0 Å². The van der Waals surface area contributed by atoms with Crippen molar-refractivity contribution in [2.45, 2.75) is 19.3 Å². The van der Waals surface area contributed by atoms with Gasteiger partial charge in [-0.1, -0.05) is 18.2 Å². The summed E-state index contributed by atoms with van der Waals surface area (Å²) in [5.74, 6) is 0.864. The van der Waals surface area contributed by atoms with E-state index in [-0.39, 0.29) is 5.91 Å². The Balaban J connectivity index is 1.68. The van der Waals surface area contributed by atoms with E-state index in [0.29, 0.717) is 6.42 Å². The lowest BCUT2D eigenvalue weighted by Crippen LogP contribution is -2.26. The second-order valence-electron chi connectivity index (χ2n) is 4.78. The lowest BCUT2D eigenvalue weighted by molar-refractivity contribution is -0.120. The Kier molecular flexibility index (Phi) is 2.59. The molecule has 0 saturated heterocycles. The van der Waals surface area contributed by atoms with Crippen LogP contribution >= 0.6 is 0 Å². The maximum atomic E-state index is 11.8. The van der Waals surface area contributed by atoms with Crippen LogP contribution in [-0.4, -0.2) is 17.4 Å². The predicted molar refractivity (Wildman–Crippen MR) is 67.7 cm³/mol. The van der Waals surface area contributed by atoms with Crippen LogP contribution in [0.4, 0.5) is 0 Å². The minimum absolute atomic E-state index is 0.127. The number of amides is 1. The van der Waals surface area contributed by atoms with Crippen LogP contribution in [0.25, 0.3) is 10.9 Å². The molecule has 0 aliphatic heterocycles. The number of fused-ring (bicyclic) bond motifs is 1. The molecule has 0 unspecified atom stereocenters. The molecule has 1 aromatic heterocycles. The Morgan fingerprint density at radius 3 is 3.00 bits per heavy atom. The van der Waals surface area contributed by atoms with Crippen molar-refractivity contribution in [1.29, 1.82) is 0 Å². The highest BCUT2D eigenvalue weighted by Crippen LogP contribution is 2.27. The largest absolute Gasteiger partial charge is 0.361 e. The molecule has 3 heteroatoms. The number of benzene rings is 1. The van der Waals surface area contributed by atoms with E-state index in [2.05, 4.69) is 16.4 Å². The van der Waals surface area contributed by atoms with Gasteiger partial charge >= 0.3 is 0 Å². The highest BCUT2D eigenvalue weighted by Gasteiger charge is 2.21. The average molecular weight is 228 g/mol. The van der Waals surface area contributed by atoms with E-state index in [9.17, 15) is 4.79 Å². The fourth-order valence-corrected chi connectivity index (χ4v) is 2.09. The van der Waals surface area contributed by atoms with Crippen molar-refractivity contribution in [3.63, 3.8) is 0 Å². The Hall–Kier alpha value is -1.77. The van der Waals surface area contributed by atoms with Crippen molar-refractivity contribution >= 4 is 16.8 Å². The number of para-hydroxylation sites is 1. The summed E-state index contributed by atoms with van der Waals surface area (Å²) in [6.45, 7) is 0.848. The Morgan fingerprint density at radius 1 is 1.35 bits per heavy atom. The number of H-pyrrole nitrogens is 1. The van der Waals surface area contributed by atoms with Crippen molar-refractivity contribution in [3.8, 4) is 0 Å². The van der Waals surface area contributed by atoms with Crippen molar-refractivity contribution < 1.29 is 4.79 Å². The molecule has 1 heterocycles. The smallest absolute Gasteiger partial charge is 0.224 e. The van der Waals surface area contributed by atoms with Crippen molar-refractivity contribution in [2.24, 2.45) is 5.92 Å². The molecule has 88 valence electrons. The van der Waals surface area contributed by atoms with E-state index >= 15 is 0 Å². The van der Waals surface area contributed by atoms with Gasteiger partial charge in [0.05, 0.1) is 6.42 Å². The molecule has 0 atom stereocenters. The van der Waals surface area contributed by atoms with Crippen LogP contribution in [0.2, 0.25) is 0 Å². The molecule has 2 aromatic rings. The fraction of sp³-hybridized carbons (Fsp3) is 0.357. The van der Waals surface area contributed by atoms with Gasteiger partial charge in [-0.3, -0.25) is 4.79 Å². The van der Waals surface area contributed by atoms with E-state index in [0.717, 1.165) is 28.9 Å². The predicted octanol–water partition coefficient (Wildman–Crippen LogP) is 2.24. The lowest BCUT2D eigenvalue weighted by atomic mass is 10.1. The van der Waals surface area contributed by atoms with Gasteiger partial charge in [0.1, 0.15) is 0 Å². The minimum atomic E-state index is 0.127. The molecule has 17 heavy (non-hydrogen) atoms. The molecular weight excluding hydrogens is 212 g/mol. The van der Waals surface area contributed by atoms with Gasteiger partial charge in [-0.25, -0.2) is 0 Å². The highest BCUT2D eigenvalue weighted by atomic mass is 16.1. The molecular formula is C14H16N2O. The number of hydrogen-bond acceptors (Lipinski definition) is 1. The normalized spacial score (nSPS) is 15.1. The van der Waals surface area contributed by atoms with Crippen molar-refractivity contribution in [1.82, 2.24) is 10.3 Å². The lowest BCUT2D eigenvalue weighted by Gasteiger charge is -2.03. The Labute approximate surface area is 100 Å². The zero-order valence-corrected chi connectivity index (χ0v) is 9.70. The molecule has 0 spiro atoms. The first-order valence-corrected chi connectivity index (χ1v) is 6.14. The molecule has 3 rings (SSSR count). The molecule has 1 aliphatic rings. The third-order valence-corrected chi connectivity index (χ3v) is 3.31. The molecule has 2 N–H and O–H groups in total. The average Bonchev–Trinajstić information content (AvgIpc) is 3.10. The summed E-state index contributed by atoms with van der Waals surface area (Å²) < 4.78 is 0. The molecule has 0 radical (unpaired) electrons. The number of carbonyl (C=O) groups is 1. The quantitative estimate of drug-likeness (QED) is 0.828. The summed E-state index contributed by atoms with van der Waals surface area (Å²) in [7, 11) is 0. The maximum Gasteiger partial charge on any atom is 0.224 e. The molecule has 1 aromatic carbocycles. The van der Waals surface area contributed by atoms with Gasteiger partial charge in [-0.05, 0) is 30.4 Å². The van der Waals surface area contributed by atoms with E-state index in [1.165, 1.54) is 12.8 Å². The topological polar surface area (TPSA) is 44.9 Å². The van der Waals surface area contributed by atoms with Gasteiger partial charge in [0.25, 0.3) is 0 Å². The number of carbonyl (C=O) groups excluding carboxylic acids is 1. The number of nitrogens with one attached hydrogen (secondary N) is 2. The van der Waals surface area contributed by atoms with Gasteiger partial charge < -0.3 is 10.3 Å². The molecule has 3 nitrogen and oxygen atoms in total. The molecule has 1 aliphatic carbocycles. The fourth-order valence-electron chi connectivity index (χ4n) is 2.09. The van der Waals surface area contributed by atoms with Gasteiger partial charge in [-0.15, -0.1) is 0 Å². The minimum Gasteiger partial charge on any atom is -0.361 e. The third-order valence-electron chi connectivity index (χ3n) is 3.31. The highest BCUT2D eigenvalue weighted by molar-refractivity contribution is 5.88. The summed E-state index contributed by atoms with van der Waals surface area (Å²) >= 11 is 0. The van der Waals surface area contributed by atoms with Gasteiger partial charge in [0.2, 0.25) is 5.91 Å². The zero-order chi connectivity index (χ0) is 11.7. The first kappa shape index (κ1) is 10.4. The Bertz CT molecular complexity index is 540. The number of aromatic amines is 1. The third kappa shape index (κ3) is 2.33. The van der Waals surface area contributed by atoms with Crippen LogP contribution in [0.5, 0.6) is 0 Å². The molecule has 1 amide bonds. The summed E-state index contributed by atoms with van der Waals surface area (Å²) in [4.78, 5) is 15.0. The van der Waals surface area contributed by atoms with E-state index in [1.807, 2.05) is 24.4 Å². The van der Waals surface area contributed by atoms with Gasteiger partial charge in [0, 0.05) is 23.6 Å². The van der Waals surface area contributed by atoms with E-state index in [1.54, 1.807) is 0 Å². The summed E-state index contributed by atoms with van der Waals surface area (Å²) in [6.07, 6.45) is 4.94. The number of rotatable bonds is 4. The van der Waals surface area contributed by atoms with E-state index < -0.39 is 0 Å². The number of hydrogen-bond donors (Lipinski definition) is 2. The van der Waals surface area contributed by atoms with Crippen LogP contribution in [0.1, 0.15) is 18.4 Å². The van der Waals surface area contributed by atoms with Crippen molar-refractivity contribution in [2.75, 3.05) is 6.54 Å². The maximum absolute atomic E-state index is 11.8. The Morgan fingerprint density at radius 2 is 2.18 bits per heavy atom. The van der Waals surface area contributed by atoms with Crippen LogP contribution in [0, 0.1) is 5.92 Å². The molecule has 1 fully saturated rings. The first-order valence-electron chi connectivity index (χ1n) is 6.14. The zero-order valence-electron chi connectivity index (χ0n) is 9.70. The number of aromatic nitrogens is 1. The summed E-state index contributed by atoms with van der Waals surface area (Å²) in [5, 5.41) is 4.14. The summed E-state index contributed by atoms with van der Waals surface area (Å²) in [6, 6.07) is 8.08. The monoisotopic (exact) mass is 228 g/mol. The standard InChI is InChI=1S/C14H16N2O/c17-14(16-8-10-5-6-10)7-11-9-15-13-4-2-1-3-12(11)13/h1-4,9-10,15H,5-8H2,(H,16,17).